The minimum absolute atomic E-state index is 0.0385. The van der Waals surface area contributed by atoms with Crippen LogP contribution in [-0.4, -0.2) is 37.5 Å². The minimum Gasteiger partial charge on any atom is -0.358 e. The predicted octanol–water partition coefficient (Wildman–Crippen LogP) is 0.626. The number of amides is 1. The van der Waals surface area contributed by atoms with Crippen molar-refractivity contribution in [2.45, 2.75) is 13.5 Å². The second kappa shape index (κ2) is 7.88. The fraction of sp³-hybridized carbons (Fsp3) is 0.462. The first kappa shape index (κ1) is 14.7. The summed E-state index contributed by atoms with van der Waals surface area (Å²) in [6.07, 6.45) is 0. The Labute approximate surface area is 112 Å². The first-order valence-electron chi connectivity index (χ1n) is 5.90. The van der Waals surface area contributed by atoms with Crippen molar-refractivity contribution in [1.29, 1.82) is 0 Å². The van der Waals surface area contributed by atoms with E-state index in [1.165, 1.54) is 4.88 Å². The number of rotatable bonds is 5. The molecule has 1 heterocycles. The van der Waals surface area contributed by atoms with Crippen LogP contribution in [0.1, 0.15) is 16.7 Å². The molecule has 3 N–H and O–H groups in total. The summed E-state index contributed by atoms with van der Waals surface area (Å²) in [6.45, 7) is 4.47. The number of hydrogen-bond acceptors (Lipinski definition) is 4. The fourth-order valence-electron chi connectivity index (χ4n) is 1.45. The average Bonchev–Trinajstić information content (AvgIpc) is 2.82. The van der Waals surface area contributed by atoms with Crippen molar-refractivity contribution in [2.24, 2.45) is 5.73 Å². The van der Waals surface area contributed by atoms with Gasteiger partial charge in [0.05, 0.1) is 18.0 Å². The highest BCUT2D eigenvalue weighted by molar-refractivity contribution is 7.12. The number of likely N-dealkylation sites (N-methyl/N-ethyl adjacent to an activating group) is 2. The zero-order chi connectivity index (χ0) is 13.4. The molecule has 0 saturated heterocycles. The normalized spacial score (nSPS) is 10.0. The molecule has 0 aliphatic rings. The molecular weight excluding hydrogens is 246 g/mol. The Morgan fingerprint density at radius 1 is 1.56 bits per heavy atom. The van der Waals surface area contributed by atoms with E-state index in [-0.39, 0.29) is 5.91 Å². The van der Waals surface area contributed by atoms with Crippen LogP contribution in [0.2, 0.25) is 0 Å². The fourth-order valence-corrected chi connectivity index (χ4v) is 2.38. The van der Waals surface area contributed by atoms with Crippen LogP contribution in [0.3, 0.4) is 0 Å². The molecule has 1 rings (SSSR count). The van der Waals surface area contributed by atoms with Gasteiger partial charge in [0.25, 0.3) is 0 Å². The van der Waals surface area contributed by atoms with E-state index >= 15 is 0 Å². The van der Waals surface area contributed by atoms with Gasteiger partial charge in [-0.1, -0.05) is 18.8 Å². The average molecular weight is 265 g/mol. The van der Waals surface area contributed by atoms with Gasteiger partial charge in [0.15, 0.2) is 0 Å². The van der Waals surface area contributed by atoms with Crippen molar-refractivity contribution in [2.75, 3.05) is 26.7 Å². The second-order valence-electron chi connectivity index (χ2n) is 3.75. The van der Waals surface area contributed by atoms with Gasteiger partial charge in [0.2, 0.25) is 5.91 Å². The van der Waals surface area contributed by atoms with Crippen molar-refractivity contribution < 1.29 is 4.79 Å². The maximum atomic E-state index is 11.3. The molecule has 0 bridgehead atoms. The summed E-state index contributed by atoms with van der Waals surface area (Å²) in [4.78, 5) is 15.7. The SMILES string of the molecule is CCN(CC(=O)NC)Cc1ccc(C#CCN)s1. The van der Waals surface area contributed by atoms with Crippen LogP contribution in [0.25, 0.3) is 0 Å². The maximum absolute atomic E-state index is 11.3. The molecule has 0 saturated carbocycles. The highest BCUT2D eigenvalue weighted by Crippen LogP contribution is 2.17. The second-order valence-corrected chi connectivity index (χ2v) is 4.92. The van der Waals surface area contributed by atoms with Gasteiger partial charge in [-0.05, 0) is 18.7 Å². The van der Waals surface area contributed by atoms with Gasteiger partial charge >= 0.3 is 0 Å². The number of hydrogen-bond donors (Lipinski definition) is 2. The van der Waals surface area contributed by atoms with Crippen molar-refractivity contribution in [3.05, 3.63) is 21.9 Å². The molecule has 98 valence electrons. The third kappa shape index (κ3) is 4.88. The molecule has 0 fully saturated rings. The highest BCUT2D eigenvalue weighted by Gasteiger charge is 2.09. The van der Waals surface area contributed by atoms with E-state index in [0.29, 0.717) is 13.1 Å². The summed E-state index contributed by atoms with van der Waals surface area (Å²) < 4.78 is 0. The Kier molecular flexibility index (Phi) is 6.44. The van der Waals surface area contributed by atoms with Gasteiger partial charge in [-0.3, -0.25) is 9.69 Å². The number of nitrogens with zero attached hydrogens (tertiary/aromatic N) is 1. The largest absolute Gasteiger partial charge is 0.358 e. The quantitative estimate of drug-likeness (QED) is 0.768. The summed E-state index contributed by atoms with van der Waals surface area (Å²) in [6, 6.07) is 4.05. The molecule has 1 aromatic heterocycles. The Morgan fingerprint density at radius 3 is 2.94 bits per heavy atom. The lowest BCUT2D eigenvalue weighted by Crippen LogP contribution is -2.34. The molecule has 0 aromatic carbocycles. The van der Waals surface area contributed by atoms with Gasteiger partial charge in [0, 0.05) is 18.5 Å². The van der Waals surface area contributed by atoms with Gasteiger partial charge in [0.1, 0.15) is 0 Å². The topological polar surface area (TPSA) is 58.4 Å². The summed E-state index contributed by atoms with van der Waals surface area (Å²) in [5.74, 6) is 5.89. The molecule has 0 aliphatic heterocycles. The first-order chi connectivity index (χ1) is 8.69. The van der Waals surface area contributed by atoms with Crippen molar-refractivity contribution in [1.82, 2.24) is 10.2 Å². The Balaban J connectivity index is 2.59. The monoisotopic (exact) mass is 265 g/mol. The zero-order valence-electron chi connectivity index (χ0n) is 10.8. The lowest BCUT2D eigenvalue weighted by Gasteiger charge is -2.18. The van der Waals surface area contributed by atoms with Gasteiger partial charge in [-0.15, -0.1) is 11.3 Å². The summed E-state index contributed by atoms with van der Waals surface area (Å²) >= 11 is 1.65. The molecular formula is C13H19N3OS. The van der Waals surface area contributed by atoms with Crippen LogP contribution in [-0.2, 0) is 11.3 Å². The van der Waals surface area contributed by atoms with Crippen LogP contribution in [0.4, 0.5) is 0 Å². The lowest BCUT2D eigenvalue weighted by atomic mass is 10.3. The van der Waals surface area contributed by atoms with Gasteiger partial charge in [-0.2, -0.15) is 0 Å². The maximum Gasteiger partial charge on any atom is 0.233 e. The van der Waals surface area contributed by atoms with Crippen LogP contribution in [0.5, 0.6) is 0 Å². The number of carbonyl (C=O) groups excluding carboxylic acids is 1. The minimum atomic E-state index is 0.0385. The Hall–Kier alpha value is -1.35. The van der Waals surface area contributed by atoms with Crippen LogP contribution >= 0.6 is 11.3 Å². The van der Waals surface area contributed by atoms with E-state index in [2.05, 4.69) is 28.1 Å². The Morgan fingerprint density at radius 2 is 2.33 bits per heavy atom. The van der Waals surface area contributed by atoms with Gasteiger partial charge in [-0.25, -0.2) is 0 Å². The van der Waals surface area contributed by atoms with Crippen molar-refractivity contribution in [3.8, 4) is 11.8 Å². The summed E-state index contributed by atoms with van der Waals surface area (Å²) in [5, 5.41) is 2.64. The molecule has 0 spiro atoms. The van der Waals surface area contributed by atoms with Crippen LogP contribution < -0.4 is 11.1 Å². The van der Waals surface area contributed by atoms with E-state index in [0.717, 1.165) is 18.0 Å². The number of thiophene rings is 1. The van der Waals surface area contributed by atoms with Crippen molar-refractivity contribution in [3.63, 3.8) is 0 Å². The van der Waals surface area contributed by atoms with E-state index in [9.17, 15) is 4.79 Å². The molecule has 0 atom stereocenters. The smallest absolute Gasteiger partial charge is 0.233 e. The van der Waals surface area contributed by atoms with Gasteiger partial charge < -0.3 is 11.1 Å². The van der Waals surface area contributed by atoms with Crippen LogP contribution in [0.15, 0.2) is 12.1 Å². The predicted molar refractivity (Wildman–Crippen MR) is 75.3 cm³/mol. The standard InChI is InChI=1S/C13H19N3OS/c1-3-16(10-13(17)15-2)9-12-7-6-11(18-12)5-4-8-14/h6-7H,3,8-10,14H2,1-2H3,(H,15,17). The number of nitrogens with one attached hydrogen (secondary N) is 1. The molecule has 18 heavy (non-hydrogen) atoms. The molecule has 0 aliphatic carbocycles. The Bertz CT molecular complexity index is 445. The number of nitrogens with two attached hydrogens (primary N) is 1. The molecule has 5 heteroatoms. The van der Waals surface area contributed by atoms with Crippen LogP contribution in [0, 0.1) is 11.8 Å². The molecule has 0 unspecified atom stereocenters. The van der Waals surface area contributed by atoms with E-state index in [1.807, 2.05) is 13.0 Å². The van der Waals surface area contributed by atoms with E-state index < -0.39 is 0 Å². The third-order valence-corrected chi connectivity index (χ3v) is 3.43. The summed E-state index contributed by atoms with van der Waals surface area (Å²) in [5.41, 5.74) is 5.33. The van der Waals surface area contributed by atoms with E-state index in [4.69, 9.17) is 5.73 Å². The highest BCUT2D eigenvalue weighted by atomic mass is 32.1. The first-order valence-corrected chi connectivity index (χ1v) is 6.71. The number of carbonyl (C=O) groups is 1. The third-order valence-electron chi connectivity index (χ3n) is 2.45. The molecule has 4 nitrogen and oxygen atoms in total. The molecule has 1 amide bonds. The molecule has 0 radical (unpaired) electrons. The van der Waals surface area contributed by atoms with E-state index in [1.54, 1.807) is 18.4 Å². The summed E-state index contributed by atoms with van der Waals surface area (Å²) in [7, 11) is 1.65. The zero-order valence-corrected chi connectivity index (χ0v) is 11.6. The lowest BCUT2D eigenvalue weighted by molar-refractivity contribution is -0.121. The molecule has 1 aromatic rings. The van der Waals surface area contributed by atoms with Crippen molar-refractivity contribution >= 4 is 17.2 Å².